The lowest BCUT2D eigenvalue weighted by Crippen LogP contribution is -2.41. The van der Waals surface area contributed by atoms with Crippen LogP contribution in [0.2, 0.25) is 0 Å². The number of halogens is 4. The van der Waals surface area contributed by atoms with E-state index >= 15 is 0 Å². The highest BCUT2D eigenvalue weighted by Crippen LogP contribution is 2.33. The number of hydrogen-bond donors (Lipinski definition) is 2. The number of ether oxygens (including phenoxy) is 1. The summed E-state index contributed by atoms with van der Waals surface area (Å²) in [7, 11) is 1.38. The summed E-state index contributed by atoms with van der Waals surface area (Å²) in [4.78, 5) is 16.5. The zero-order valence-corrected chi connectivity index (χ0v) is 15.2. The van der Waals surface area contributed by atoms with Gasteiger partial charge in [-0.05, 0) is 51.1 Å². The Morgan fingerprint density at radius 3 is 2.30 bits per heavy atom. The Bertz CT molecular complexity index is 845. The number of nitrogens with one attached hydrogen (secondary N) is 2. The lowest BCUT2D eigenvalue weighted by atomic mass is 10.1. The number of methoxy groups -OCH3 is 1. The first kappa shape index (κ1) is 20.5. The summed E-state index contributed by atoms with van der Waals surface area (Å²) >= 11 is 0. The molecule has 146 valence electrons. The fourth-order valence-electron chi connectivity index (χ4n) is 2.21. The summed E-state index contributed by atoms with van der Waals surface area (Å²) in [5.74, 6) is -1.52. The van der Waals surface area contributed by atoms with Crippen LogP contribution in [0.3, 0.4) is 0 Å². The molecule has 0 aliphatic heterocycles. The second-order valence-electron chi connectivity index (χ2n) is 6.77. The van der Waals surface area contributed by atoms with Crippen molar-refractivity contribution in [3.05, 3.63) is 47.4 Å². The van der Waals surface area contributed by atoms with Crippen LogP contribution in [0, 0.1) is 5.82 Å². The summed E-state index contributed by atoms with van der Waals surface area (Å²) in [6.45, 7) is 5.39. The lowest BCUT2D eigenvalue weighted by Gasteiger charge is -2.21. The van der Waals surface area contributed by atoms with Crippen molar-refractivity contribution in [2.45, 2.75) is 32.5 Å². The van der Waals surface area contributed by atoms with E-state index in [-0.39, 0.29) is 22.9 Å². The van der Waals surface area contributed by atoms with Gasteiger partial charge in [-0.15, -0.1) is 0 Å². The molecule has 0 saturated carbocycles. The predicted octanol–water partition coefficient (Wildman–Crippen LogP) is 4.52. The molecule has 0 saturated heterocycles. The number of aromatic nitrogens is 1. The van der Waals surface area contributed by atoms with E-state index in [9.17, 15) is 22.4 Å². The average molecular weight is 385 g/mol. The van der Waals surface area contributed by atoms with Gasteiger partial charge >= 0.3 is 6.18 Å². The van der Waals surface area contributed by atoms with E-state index in [0.29, 0.717) is 12.1 Å². The minimum atomic E-state index is -4.78. The number of alkyl halides is 3. The number of benzene rings is 1. The van der Waals surface area contributed by atoms with Crippen LogP contribution in [0.15, 0.2) is 30.3 Å². The molecule has 2 N–H and O–H groups in total. The van der Waals surface area contributed by atoms with Crippen molar-refractivity contribution in [1.82, 2.24) is 10.3 Å². The summed E-state index contributed by atoms with van der Waals surface area (Å²) in [5, 5.41) is 5.42. The highest BCUT2D eigenvalue weighted by Gasteiger charge is 2.34. The van der Waals surface area contributed by atoms with Gasteiger partial charge in [-0.2, -0.15) is 13.2 Å². The minimum absolute atomic E-state index is 0.00944. The molecule has 2 rings (SSSR count). The zero-order chi connectivity index (χ0) is 20.4. The van der Waals surface area contributed by atoms with Gasteiger partial charge in [0, 0.05) is 11.2 Å². The second-order valence-corrected chi connectivity index (χ2v) is 6.77. The maximum Gasteiger partial charge on any atom is 0.419 e. The zero-order valence-electron chi connectivity index (χ0n) is 15.2. The second kappa shape index (κ2) is 7.42. The number of carbonyl (C=O) groups excluding carboxylic acids is 1. The molecule has 2 aromatic rings. The van der Waals surface area contributed by atoms with Crippen molar-refractivity contribution in [1.29, 1.82) is 0 Å². The molecule has 0 radical (unpaired) electrons. The molecule has 27 heavy (non-hydrogen) atoms. The number of amides is 1. The van der Waals surface area contributed by atoms with Gasteiger partial charge in [0.05, 0.1) is 12.7 Å². The fraction of sp³-hybridized carbons (Fsp3) is 0.333. The van der Waals surface area contributed by atoms with Crippen LogP contribution in [-0.2, 0) is 6.18 Å². The lowest BCUT2D eigenvalue weighted by molar-refractivity contribution is -0.139. The Morgan fingerprint density at radius 1 is 1.11 bits per heavy atom. The molecule has 0 aliphatic rings. The number of carbonyl (C=O) groups is 1. The largest absolute Gasteiger partial charge is 0.494 e. The topological polar surface area (TPSA) is 63.2 Å². The van der Waals surface area contributed by atoms with Crippen LogP contribution in [0.5, 0.6) is 5.75 Å². The van der Waals surface area contributed by atoms with E-state index in [0.717, 1.165) is 6.07 Å². The van der Waals surface area contributed by atoms with Gasteiger partial charge in [-0.1, -0.05) is 0 Å². The van der Waals surface area contributed by atoms with Crippen molar-refractivity contribution in [3.63, 3.8) is 0 Å². The van der Waals surface area contributed by atoms with Crippen LogP contribution in [0.1, 0.15) is 36.8 Å². The highest BCUT2D eigenvalue weighted by atomic mass is 19.4. The molecule has 0 atom stereocenters. The smallest absolute Gasteiger partial charge is 0.419 e. The van der Waals surface area contributed by atoms with Gasteiger partial charge in [0.25, 0.3) is 5.91 Å². The maximum atomic E-state index is 13.7. The van der Waals surface area contributed by atoms with Gasteiger partial charge in [0.15, 0.2) is 5.69 Å². The van der Waals surface area contributed by atoms with Crippen molar-refractivity contribution >= 4 is 17.4 Å². The third-order valence-electron chi connectivity index (χ3n) is 3.33. The molecule has 0 aliphatic carbocycles. The molecule has 0 bridgehead atoms. The van der Waals surface area contributed by atoms with Crippen LogP contribution < -0.4 is 15.4 Å². The molecule has 1 amide bonds. The Labute approximate surface area is 153 Å². The fourth-order valence-corrected chi connectivity index (χ4v) is 2.21. The standard InChI is InChI=1S/C18H19F4N3O2/c1-17(2,3)25-16(26)15-13(27-4)7-8-14(24-15)23-10-5-6-11(12(19)9-10)18(20,21)22/h5-9H,1-4H3,(H,23,24)(H,25,26). The summed E-state index contributed by atoms with van der Waals surface area (Å²) < 4.78 is 56.7. The van der Waals surface area contributed by atoms with Gasteiger partial charge in [-0.3, -0.25) is 4.79 Å². The Hall–Kier alpha value is -2.84. The molecule has 0 unspecified atom stereocenters. The first-order chi connectivity index (χ1) is 12.4. The molecule has 1 aromatic heterocycles. The van der Waals surface area contributed by atoms with E-state index in [2.05, 4.69) is 15.6 Å². The molecular formula is C18H19F4N3O2. The molecule has 0 fully saturated rings. The van der Waals surface area contributed by atoms with Crippen molar-refractivity contribution < 1.29 is 27.1 Å². The Morgan fingerprint density at radius 2 is 1.78 bits per heavy atom. The first-order valence-electron chi connectivity index (χ1n) is 7.92. The van der Waals surface area contributed by atoms with Crippen LogP contribution in [0.4, 0.5) is 29.1 Å². The van der Waals surface area contributed by atoms with Crippen molar-refractivity contribution in [2.24, 2.45) is 0 Å². The van der Waals surface area contributed by atoms with Crippen LogP contribution >= 0.6 is 0 Å². The van der Waals surface area contributed by atoms with Gasteiger partial charge < -0.3 is 15.4 Å². The molecular weight excluding hydrogens is 366 g/mol. The van der Waals surface area contributed by atoms with Gasteiger partial charge in [-0.25, -0.2) is 9.37 Å². The van der Waals surface area contributed by atoms with E-state index in [1.54, 1.807) is 20.8 Å². The van der Waals surface area contributed by atoms with Crippen LogP contribution in [0.25, 0.3) is 0 Å². The molecule has 0 spiro atoms. The highest BCUT2D eigenvalue weighted by molar-refractivity contribution is 5.95. The van der Waals surface area contributed by atoms with Crippen molar-refractivity contribution in [3.8, 4) is 5.75 Å². The average Bonchev–Trinajstić information content (AvgIpc) is 2.52. The minimum Gasteiger partial charge on any atom is -0.494 e. The molecule has 9 heteroatoms. The first-order valence-corrected chi connectivity index (χ1v) is 7.92. The predicted molar refractivity (Wildman–Crippen MR) is 92.7 cm³/mol. The number of nitrogens with zero attached hydrogens (tertiary/aromatic N) is 1. The number of rotatable bonds is 4. The third-order valence-corrected chi connectivity index (χ3v) is 3.33. The van der Waals surface area contributed by atoms with E-state index in [1.165, 1.54) is 19.2 Å². The van der Waals surface area contributed by atoms with Crippen LogP contribution in [-0.4, -0.2) is 23.5 Å². The summed E-state index contributed by atoms with van der Waals surface area (Å²) in [6.07, 6.45) is -4.78. The van der Waals surface area contributed by atoms with Crippen molar-refractivity contribution in [2.75, 3.05) is 12.4 Å². The summed E-state index contributed by atoms with van der Waals surface area (Å²) in [5.41, 5.74) is -1.82. The molecule has 1 aromatic carbocycles. The van der Waals surface area contributed by atoms with E-state index < -0.39 is 29.0 Å². The van der Waals surface area contributed by atoms with Gasteiger partial charge in [0.1, 0.15) is 17.4 Å². The molecule has 1 heterocycles. The van der Waals surface area contributed by atoms with Gasteiger partial charge in [0.2, 0.25) is 0 Å². The number of hydrogen-bond acceptors (Lipinski definition) is 4. The molecule has 5 nitrogen and oxygen atoms in total. The normalized spacial score (nSPS) is 11.9. The number of pyridine rings is 1. The summed E-state index contributed by atoms with van der Waals surface area (Å²) in [6, 6.07) is 5.36. The third kappa shape index (κ3) is 5.32. The quantitative estimate of drug-likeness (QED) is 0.760. The van der Waals surface area contributed by atoms with E-state index in [4.69, 9.17) is 4.74 Å². The number of anilines is 2. The maximum absolute atomic E-state index is 13.7. The SMILES string of the molecule is COc1ccc(Nc2ccc(C(F)(F)F)c(F)c2)nc1C(=O)NC(C)(C)C. The monoisotopic (exact) mass is 385 g/mol. The Balaban J connectivity index is 2.31. The Kier molecular flexibility index (Phi) is 5.62. The van der Waals surface area contributed by atoms with E-state index in [1.807, 2.05) is 0 Å².